The third-order valence-corrected chi connectivity index (χ3v) is 4.14. The van der Waals surface area contributed by atoms with Crippen LogP contribution >= 0.6 is 0 Å². The smallest absolute Gasteiger partial charge is 0.333 e. The molecule has 0 aromatic carbocycles. The van der Waals surface area contributed by atoms with Gasteiger partial charge in [0.2, 0.25) is 5.91 Å². The van der Waals surface area contributed by atoms with Crippen LogP contribution in [0.25, 0.3) is 0 Å². The SMILES string of the molecule is Cc1cc(C(=O)NNC(=O)NCCCN2CCCCCC2=O)c(C)o1. The van der Waals surface area contributed by atoms with E-state index in [1.54, 1.807) is 19.9 Å². The molecule has 0 spiro atoms. The zero-order valence-electron chi connectivity index (χ0n) is 14.8. The Morgan fingerprint density at radius 3 is 2.72 bits per heavy atom. The largest absolute Gasteiger partial charge is 0.466 e. The molecule has 2 heterocycles. The zero-order chi connectivity index (χ0) is 18.2. The van der Waals surface area contributed by atoms with Crippen molar-refractivity contribution in [2.45, 2.75) is 46.0 Å². The lowest BCUT2D eigenvalue weighted by atomic mass is 10.2. The van der Waals surface area contributed by atoms with E-state index in [2.05, 4.69) is 16.2 Å². The van der Waals surface area contributed by atoms with Crippen LogP contribution in [0.4, 0.5) is 4.79 Å². The number of hydrogen-bond donors (Lipinski definition) is 3. The molecule has 1 fully saturated rings. The Morgan fingerprint density at radius 1 is 1.20 bits per heavy atom. The highest BCUT2D eigenvalue weighted by Gasteiger charge is 2.16. The van der Waals surface area contributed by atoms with Crippen LogP contribution in [0.1, 0.15) is 54.0 Å². The van der Waals surface area contributed by atoms with Crippen molar-refractivity contribution in [3.05, 3.63) is 23.2 Å². The summed E-state index contributed by atoms with van der Waals surface area (Å²) in [5.41, 5.74) is 5.02. The van der Waals surface area contributed by atoms with Crippen LogP contribution in [-0.4, -0.2) is 42.4 Å². The molecule has 0 saturated carbocycles. The number of urea groups is 1. The third-order valence-electron chi connectivity index (χ3n) is 4.14. The quantitative estimate of drug-likeness (QED) is 0.555. The minimum absolute atomic E-state index is 0.194. The fraction of sp³-hybridized carbons (Fsp3) is 0.588. The van der Waals surface area contributed by atoms with Crippen LogP contribution in [-0.2, 0) is 4.79 Å². The molecule has 138 valence electrons. The summed E-state index contributed by atoms with van der Waals surface area (Å²) < 4.78 is 5.28. The minimum atomic E-state index is -0.492. The Bertz CT molecular complexity index is 626. The van der Waals surface area contributed by atoms with Gasteiger partial charge >= 0.3 is 6.03 Å². The van der Waals surface area contributed by atoms with Crippen LogP contribution in [0, 0.1) is 13.8 Å². The highest BCUT2D eigenvalue weighted by molar-refractivity contribution is 5.96. The molecule has 4 amide bonds. The van der Waals surface area contributed by atoms with Gasteiger partial charge in [0.15, 0.2) is 0 Å². The highest BCUT2D eigenvalue weighted by Crippen LogP contribution is 2.13. The van der Waals surface area contributed by atoms with E-state index in [4.69, 9.17) is 4.42 Å². The van der Waals surface area contributed by atoms with E-state index in [-0.39, 0.29) is 5.91 Å². The summed E-state index contributed by atoms with van der Waals surface area (Å²) in [6.45, 7) is 5.30. The number of amides is 4. The predicted octanol–water partition coefficient (Wildman–Crippen LogP) is 1.63. The van der Waals surface area contributed by atoms with E-state index in [0.29, 0.717) is 43.0 Å². The molecule has 0 bridgehead atoms. The lowest BCUT2D eigenvalue weighted by Gasteiger charge is -2.20. The summed E-state index contributed by atoms with van der Waals surface area (Å²) in [5.74, 6) is 0.897. The molecular formula is C17H26N4O4. The van der Waals surface area contributed by atoms with Crippen molar-refractivity contribution < 1.29 is 18.8 Å². The highest BCUT2D eigenvalue weighted by atomic mass is 16.3. The fourth-order valence-electron chi connectivity index (χ4n) is 2.83. The van der Waals surface area contributed by atoms with E-state index in [9.17, 15) is 14.4 Å². The summed E-state index contributed by atoms with van der Waals surface area (Å²) in [7, 11) is 0. The van der Waals surface area contributed by atoms with E-state index in [1.165, 1.54) is 0 Å². The number of nitrogens with zero attached hydrogens (tertiary/aromatic N) is 1. The second-order valence-electron chi connectivity index (χ2n) is 6.21. The van der Waals surface area contributed by atoms with Gasteiger partial charge in [-0.2, -0.15) is 0 Å². The summed E-state index contributed by atoms with van der Waals surface area (Å²) in [6, 6.07) is 1.12. The number of rotatable bonds is 5. The molecule has 25 heavy (non-hydrogen) atoms. The molecule has 1 aliphatic heterocycles. The molecule has 1 aromatic rings. The van der Waals surface area contributed by atoms with Crippen molar-refractivity contribution in [1.82, 2.24) is 21.1 Å². The lowest BCUT2D eigenvalue weighted by molar-refractivity contribution is -0.130. The van der Waals surface area contributed by atoms with Crippen LogP contribution in [0.5, 0.6) is 0 Å². The minimum Gasteiger partial charge on any atom is -0.466 e. The van der Waals surface area contributed by atoms with Crippen LogP contribution < -0.4 is 16.2 Å². The van der Waals surface area contributed by atoms with Gasteiger partial charge in [-0.3, -0.25) is 15.0 Å². The second kappa shape index (κ2) is 9.10. The van der Waals surface area contributed by atoms with Crippen LogP contribution in [0.15, 0.2) is 10.5 Å². The van der Waals surface area contributed by atoms with Gasteiger partial charge in [0.25, 0.3) is 5.91 Å². The van der Waals surface area contributed by atoms with Crippen molar-refractivity contribution in [3.63, 3.8) is 0 Å². The number of furan rings is 1. The van der Waals surface area contributed by atoms with Crippen LogP contribution in [0.3, 0.4) is 0 Å². The molecule has 0 unspecified atom stereocenters. The van der Waals surface area contributed by atoms with Gasteiger partial charge in [0, 0.05) is 26.1 Å². The molecule has 0 aliphatic carbocycles. The summed E-state index contributed by atoms with van der Waals surface area (Å²) in [5, 5.41) is 2.65. The molecule has 0 radical (unpaired) electrons. The fourth-order valence-corrected chi connectivity index (χ4v) is 2.83. The summed E-state index contributed by atoms with van der Waals surface area (Å²) in [4.78, 5) is 37.3. The van der Waals surface area contributed by atoms with Gasteiger partial charge in [0.1, 0.15) is 11.5 Å². The molecule has 3 N–H and O–H groups in total. The number of carbonyl (C=O) groups is 3. The number of hydrogen-bond acceptors (Lipinski definition) is 4. The number of carbonyl (C=O) groups excluding carboxylic acids is 3. The number of hydrazine groups is 1. The summed E-state index contributed by atoms with van der Waals surface area (Å²) in [6.07, 6.45) is 4.39. The standard InChI is InChI=1S/C17H26N4O4/c1-12-11-14(13(2)25-12)16(23)19-20-17(24)18-8-6-10-21-9-5-3-4-7-15(21)22/h11H,3-10H2,1-2H3,(H,19,23)(H2,18,20,24). The van der Waals surface area contributed by atoms with Crippen molar-refractivity contribution in [3.8, 4) is 0 Å². The lowest BCUT2D eigenvalue weighted by Crippen LogP contribution is -2.47. The topological polar surface area (TPSA) is 104 Å². The first-order valence-electron chi connectivity index (χ1n) is 8.66. The monoisotopic (exact) mass is 350 g/mol. The van der Waals surface area contributed by atoms with E-state index >= 15 is 0 Å². The Morgan fingerprint density at radius 2 is 2.00 bits per heavy atom. The number of nitrogens with one attached hydrogen (secondary N) is 3. The predicted molar refractivity (Wildman–Crippen MR) is 91.8 cm³/mol. The molecule has 1 aromatic heterocycles. The normalized spacial score (nSPS) is 14.8. The Kier molecular flexibility index (Phi) is 6.85. The maximum absolute atomic E-state index is 11.9. The molecule has 1 saturated heterocycles. The van der Waals surface area contributed by atoms with Gasteiger partial charge in [0.05, 0.1) is 5.56 Å². The van der Waals surface area contributed by atoms with Crippen molar-refractivity contribution >= 4 is 17.8 Å². The Balaban J connectivity index is 1.63. The Hall–Kier alpha value is -2.51. The van der Waals surface area contributed by atoms with Gasteiger partial charge in [-0.05, 0) is 39.2 Å². The first kappa shape index (κ1) is 18.8. The number of aryl methyl sites for hydroxylation is 2. The van der Waals surface area contributed by atoms with Crippen molar-refractivity contribution in [2.24, 2.45) is 0 Å². The van der Waals surface area contributed by atoms with Crippen molar-refractivity contribution in [1.29, 1.82) is 0 Å². The van der Waals surface area contributed by atoms with Gasteiger partial charge < -0.3 is 14.6 Å². The average Bonchev–Trinajstić information content (AvgIpc) is 2.78. The molecule has 2 rings (SSSR count). The first-order valence-corrected chi connectivity index (χ1v) is 8.66. The van der Waals surface area contributed by atoms with Gasteiger partial charge in [-0.25, -0.2) is 10.2 Å². The first-order chi connectivity index (χ1) is 12.0. The molecular weight excluding hydrogens is 324 g/mol. The summed E-state index contributed by atoms with van der Waals surface area (Å²) >= 11 is 0. The second-order valence-corrected chi connectivity index (χ2v) is 6.21. The van der Waals surface area contributed by atoms with E-state index in [0.717, 1.165) is 25.8 Å². The van der Waals surface area contributed by atoms with Crippen molar-refractivity contribution in [2.75, 3.05) is 19.6 Å². The zero-order valence-corrected chi connectivity index (χ0v) is 14.8. The van der Waals surface area contributed by atoms with Gasteiger partial charge in [-0.15, -0.1) is 0 Å². The number of likely N-dealkylation sites (tertiary alicyclic amines) is 1. The van der Waals surface area contributed by atoms with Crippen LogP contribution in [0.2, 0.25) is 0 Å². The van der Waals surface area contributed by atoms with E-state index < -0.39 is 11.9 Å². The molecule has 1 aliphatic rings. The molecule has 8 heteroatoms. The molecule has 0 atom stereocenters. The molecule has 8 nitrogen and oxygen atoms in total. The van der Waals surface area contributed by atoms with E-state index in [1.807, 2.05) is 4.90 Å². The Labute approximate surface area is 147 Å². The maximum atomic E-state index is 11.9. The maximum Gasteiger partial charge on any atom is 0.333 e. The average molecular weight is 350 g/mol. The van der Waals surface area contributed by atoms with Gasteiger partial charge in [-0.1, -0.05) is 6.42 Å². The third kappa shape index (κ3) is 5.81.